The van der Waals surface area contributed by atoms with E-state index in [2.05, 4.69) is 10.0 Å². The van der Waals surface area contributed by atoms with Crippen LogP contribution in [0.2, 0.25) is 0 Å². The highest BCUT2D eigenvalue weighted by Gasteiger charge is 2.17. The quantitative estimate of drug-likeness (QED) is 0.477. The molecule has 0 saturated heterocycles. The molecule has 0 radical (unpaired) electrons. The number of rotatable bonds is 9. The number of sulfonamides is 1. The number of amides is 1. The molecule has 1 heterocycles. The van der Waals surface area contributed by atoms with Crippen LogP contribution in [0.3, 0.4) is 0 Å². The lowest BCUT2D eigenvalue weighted by atomic mass is 10.1. The molecule has 0 atom stereocenters. The highest BCUT2D eigenvalue weighted by Crippen LogP contribution is 2.21. The summed E-state index contributed by atoms with van der Waals surface area (Å²) in [4.78, 5) is 12.5. The monoisotopic (exact) mass is 456 g/mol. The van der Waals surface area contributed by atoms with E-state index < -0.39 is 15.9 Å². The molecule has 1 aromatic heterocycles. The maximum atomic E-state index is 12.5. The van der Waals surface area contributed by atoms with Crippen LogP contribution in [-0.2, 0) is 16.6 Å². The van der Waals surface area contributed by atoms with Crippen LogP contribution in [0.15, 0.2) is 57.8 Å². The Morgan fingerprint density at radius 1 is 0.906 bits per heavy atom. The first-order valence-electron chi connectivity index (χ1n) is 10.3. The average molecular weight is 457 g/mol. The summed E-state index contributed by atoms with van der Waals surface area (Å²) in [6.45, 7) is 7.95. The van der Waals surface area contributed by atoms with E-state index in [4.69, 9.17) is 9.15 Å². The number of nitrogens with one attached hydrogen (secondary N) is 2. The summed E-state index contributed by atoms with van der Waals surface area (Å²) >= 11 is 0. The van der Waals surface area contributed by atoms with E-state index >= 15 is 0 Å². The first kappa shape index (κ1) is 23.6. The van der Waals surface area contributed by atoms with Gasteiger partial charge in [-0.3, -0.25) is 4.79 Å². The Hall–Kier alpha value is -3.10. The molecule has 0 saturated carbocycles. The number of hydrogen-bond acceptors (Lipinski definition) is 5. The molecule has 0 aliphatic heterocycles. The molecule has 170 valence electrons. The lowest BCUT2D eigenvalue weighted by molar-refractivity contribution is 0.0922. The topological polar surface area (TPSA) is 97.6 Å². The number of carbonyl (C=O) groups is 1. The molecule has 8 heteroatoms. The van der Waals surface area contributed by atoms with E-state index in [-0.39, 0.29) is 30.4 Å². The summed E-state index contributed by atoms with van der Waals surface area (Å²) in [5.74, 6) is 0.996. The van der Waals surface area contributed by atoms with Crippen LogP contribution in [0.1, 0.15) is 38.6 Å². The Bertz CT molecular complexity index is 1210. The molecule has 0 aliphatic carbocycles. The van der Waals surface area contributed by atoms with Crippen molar-refractivity contribution in [1.29, 1.82) is 0 Å². The van der Waals surface area contributed by atoms with Crippen molar-refractivity contribution in [2.45, 2.75) is 39.2 Å². The number of hydrogen-bond donors (Lipinski definition) is 2. The zero-order chi connectivity index (χ0) is 23.3. The van der Waals surface area contributed by atoms with Crippen LogP contribution in [0.5, 0.6) is 5.75 Å². The van der Waals surface area contributed by atoms with Crippen LogP contribution < -0.4 is 14.8 Å². The first-order valence-corrected chi connectivity index (χ1v) is 11.8. The fraction of sp³-hybridized carbons (Fsp3) is 0.292. The van der Waals surface area contributed by atoms with Crippen molar-refractivity contribution in [2.24, 2.45) is 0 Å². The fourth-order valence-electron chi connectivity index (χ4n) is 3.21. The van der Waals surface area contributed by atoms with Crippen molar-refractivity contribution in [3.8, 4) is 5.75 Å². The van der Waals surface area contributed by atoms with Gasteiger partial charge < -0.3 is 14.5 Å². The van der Waals surface area contributed by atoms with Gasteiger partial charge in [-0.05, 0) is 68.7 Å². The van der Waals surface area contributed by atoms with E-state index in [0.717, 1.165) is 22.4 Å². The summed E-state index contributed by atoms with van der Waals surface area (Å²) < 4.78 is 38.8. The molecule has 3 aromatic rings. The van der Waals surface area contributed by atoms with Crippen molar-refractivity contribution in [3.63, 3.8) is 0 Å². The minimum atomic E-state index is -3.65. The van der Waals surface area contributed by atoms with Gasteiger partial charge in [0.05, 0.1) is 4.90 Å². The van der Waals surface area contributed by atoms with Gasteiger partial charge in [0.2, 0.25) is 10.0 Å². The summed E-state index contributed by atoms with van der Waals surface area (Å²) in [6, 6.07) is 14.4. The third-order valence-electron chi connectivity index (χ3n) is 4.92. The Morgan fingerprint density at radius 2 is 1.62 bits per heavy atom. The molecule has 7 nitrogen and oxygen atoms in total. The van der Waals surface area contributed by atoms with Gasteiger partial charge >= 0.3 is 0 Å². The molecule has 0 fully saturated rings. The largest absolute Gasteiger partial charge is 0.485 e. The van der Waals surface area contributed by atoms with E-state index in [0.29, 0.717) is 11.3 Å². The second-order valence-corrected chi connectivity index (χ2v) is 9.48. The molecule has 1 amide bonds. The summed E-state index contributed by atoms with van der Waals surface area (Å²) in [7, 11) is -3.65. The van der Waals surface area contributed by atoms with Crippen molar-refractivity contribution in [3.05, 3.63) is 82.3 Å². The van der Waals surface area contributed by atoms with E-state index in [1.807, 2.05) is 45.0 Å². The number of ether oxygens (including phenoxy) is 1. The predicted octanol–water partition coefficient (Wildman–Crippen LogP) is 3.80. The molecule has 2 aromatic carbocycles. The zero-order valence-corrected chi connectivity index (χ0v) is 19.5. The standard InChI is InChI=1S/C24H28N2O5S/c1-16-6-9-21(19(4)13-16)30-15-20-8-10-22(31-20)24(27)25-11-12-26-32(28,29)23-14-17(2)5-7-18(23)3/h5-10,13-14,26H,11-12,15H2,1-4H3,(H,25,27). The summed E-state index contributed by atoms with van der Waals surface area (Å²) in [5, 5.41) is 2.65. The van der Waals surface area contributed by atoms with Crippen LogP contribution in [0.25, 0.3) is 0 Å². The number of aryl methyl sites for hydroxylation is 4. The maximum Gasteiger partial charge on any atom is 0.287 e. The average Bonchev–Trinajstić information content (AvgIpc) is 3.21. The fourth-order valence-corrected chi connectivity index (χ4v) is 4.57. The van der Waals surface area contributed by atoms with Gasteiger partial charge in [-0.2, -0.15) is 0 Å². The predicted molar refractivity (Wildman–Crippen MR) is 122 cm³/mol. The third-order valence-corrected chi connectivity index (χ3v) is 6.52. The molecule has 0 spiro atoms. The third kappa shape index (κ3) is 5.99. The van der Waals surface area contributed by atoms with E-state index in [1.165, 1.54) is 0 Å². The van der Waals surface area contributed by atoms with Gasteiger partial charge in [0.15, 0.2) is 5.76 Å². The van der Waals surface area contributed by atoms with Crippen molar-refractivity contribution in [1.82, 2.24) is 10.0 Å². The van der Waals surface area contributed by atoms with Crippen LogP contribution >= 0.6 is 0 Å². The maximum absolute atomic E-state index is 12.5. The van der Waals surface area contributed by atoms with Gasteiger partial charge in [0.25, 0.3) is 5.91 Å². The van der Waals surface area contributed by atoms with Gasteiger partial charge in [0.1, 0.15) is 18.1 Å². The first-order chi connectivity index (χ1) is 15.2. The van der Waals surface area contributed by atoms with Gasteiger partial charge in [-0.25, -0.2) is 13.1 Å². The normalized spacial score (nSPS) is 11.4. The summed E-state index contributed by atoms with van der Waals surface area (Å²) in [5.41, 5.74) is 3.71. The van der Waals surface area contributed by atoms with Crippen LogP contribution in [0.4, 0.5) is 0 Å². The van der Waals surface area contributed by atoms with E-state index in [1.54, 1.807) is 31.2 Å². The molecular formula is C24H28N2O5S. The van der Waals surface area contributed by atoms with Gasteiger partial charge in [0, 0.05) is 13.1 Å². The number of benzene rings is 2. The highest BCUT2D eigenvalue weighted by molar-refractivity contribution is 7.89. The zero-order valence-electron chi connectivity index (χ0n) is 18.7. The second kappa shape index (κ2) is 10.0. The van der Waals surface area contributed by atoms with Gasteiger partial charge in [-0.15, -0.1) is 0 Å². The molecule has 32 heavy (non-hydrogen) atoms. The molecule has 0 aliphatic rings. The smallest absolute Gasteiger partial charge is 0.287 e. The molecule has 3 rings (SSSR count). The number of furan rings is 1. The van der Waals surface area contributed by atoms with Crippen molar-refractivity contribution >= 4 is 15.9 Å². The highest BCUT2D eigenvalue weighted by atomic mass is 32.2. The Morgan fingerprint density at radius 3 is 2.38 bits per heavy atom. The number of carbonyl (C=O) groups excluding carboxylic acids is 1. The Balaban J connectivity index is 1.48. The lowest BCUT2D eigenvalue weighted by Gasteiger charge is -2.10. The minimum Gasteiger partial charge on any atom is -0.485 e. The molecule has 0 unspecified atom stereocenters. The molecular weight excluding hydrogens is 428 g/mol. The van der Waals surface area contributed by atoms with Crippen LogP contribution in [-0.4, -0.2) is 27.4 Å². The SMILES string of the molecule is Cc1ccc(OCc2ccc(C(=O)NCCNS(=O)(=O)c3cc(C)ccc3C)o2)c(C)c1. The minimum absolute atomic E-state index is 0.0604. The van der Waals surface area contributed by atoms with Crippen molar-refractivity contribution in [2.75, 3.05) is 13.1 Å². The molecule has 0 bridgehead atoms. The Labute approximate surface area is 188 Å². The summed E-state index contributed by atoms with van der Waals surface area (Å²) in [6.07, 6.45) is 0. The second-order valence-electron chi connectivity index (χ2n) is 7.75. The lowest BCUT2D eigenvalue weighted by Crippen LogP contribution is -2.34. The van der Waals surface area contributed by atoms with Crippen molar-refractivity contribution < 1.29 is 22.4 Å². The van der Waals surface area contributed by atoms with Gasteiger partial charge in [-0.1, -0.05) is 29.8 Å². The van der Waals surface area contributed by atoms with Crippen LogP contribution in [0, 0.1) is 27.7 Å². The molecule has 2 N–H and O–H groups in total. The Kier molecular flexibility index (Phi) is 7.37. The van der Waals surface area contributed by atoms with E-state index in [9.17, 15) is 13.2 Å².